The predicted octanol–water partition coefficient (Wildman–Crippen LogP) is 20.2. The molecule has 21 rings (SSSR count). The molecule has 6 N–H and O–H groups in total. The van der Waals surface area contributed by atoms with Crippen LogP contribution in [-0.4, -0.2) is 163 Å². The van der Waals surface area contributed by atoms with Crippen molar-refractivity contribution in [3.8, 4) is 17.2 Å². The van der Waals surface area contributed by atoms with Crippen LogP contribution in [0.3, 0.4) is 0 Å². The molecule has 0 saturated carbocycles. The zero-order valence-electron chi connectivity index (χ0n) is 70.1. The quantitative estimate of drug-likeness (QED) is 0.0389. The first-order valence-corrected chi connectivity index (χ1v) is 45.0. The highest BCUT2D eigenvalue weighted by Gasteiger charge is 2.39. The first kappa shape index (κ1) is 84.7. The molecule has 6 aliphatic rings. The minimum absolute atomic E-state index is 0.122. The number of piperazine rings is 1. The molecule has 0 bridgehead atoms. The molecule has 2 unspecified atom stereocenters. The van der Waals surface area contributed by atoms with E-state index in [1.54, 1.807) is 66.9 Å². The summed E-state index contributed by atoms with van der Waals surface area (Å²) in [6, 6.07) is 58.1. The van der Waals surface area contributed by atoms with Gasteiger partial charge >= 0.3 is 18.1 Å². The van der Waals surface area contributed by atoms with E-state index in [1.807, 2.05) is 109 Å². The van der Waals surface area contributed by atoms with Gasteiger partial charge in [-0.15, -0.1) is 34.0 Å². The Morgan fingerprint density at radius 1 is 0.504 bits per heavy atom. The first-order valence-electron chi connectivity index (χ1n) is 42.2. The van der Waals surface area contributed by atoms with Crippen molar-refractivity contribution >= 4 is 192 Å². The number of aromatic nitrogens is 6. The number of anilines is 12. The minimum atomic E-state index is -0.502. The second-order valence-corrected chi connectivity index (χ2v) is 35.4. The Kier molecular flexibility index (Phi) is 24.5. The number of urea groups is 3. The van der Waals surface area contributed by atoms with Crippen molar-refractivity contribution in [2.75, 3.05) is 113 Å². The normalized spacial score (nSPS) is 16.3. The monoisotopic (exact) mass is 1800 g/mol. The SMILES string of the molecule is CC1COCC(C)N1Cc1ccc(NC(=O)c2sc3ncnc4c3c2NC(=O)N4c2ccc(Oc3ccccc3)cc2)cc1.CN1CCN(Cc2ccc(NC(=O)c3sc4ncnc5c4c3NC(=O)N5c3ccc(OCc4cccc(F)c4)c(Cl)c3)cc2)CC1.O=C(Nc1ccc(CCN2CCCCC2)cc1)c1sc2ncnc3c2c1NC(=O)N3c1cccc2ccoc12. The van der Waals surface area contributed by atoms with E-state index in [0.29, 0.717) is 149 Å². The standard InChI is InChI=1S/C33H29ClFN7O3S.C33H30N6O4S.C29H26N6O3S/c1-40-11-13-41(14-12-40)17-20-5-7-23(8-6-20)38-31(43)29-28-27-30(36-19-37-32(27)46-29)42(33(44)39-28)24-9-10-26(25(34)16-24)45-18-21-3-2-4-22(35)15-21;1-20-17-42-18-21(2)38(20)16-22-8-10-23(11-9-22)36-31(40)29-28-27-30(34-19-35-32(27)44-29)39(33(41)37-28)24-12-14-26(15-13-24)43-25-6-4-3-5-7-25;36-27(32-20-9-7-18(8-10-20)11-15-34-13-2-1-3-14-34)25-23-22-26(30-17-31-28(22)39-25)35(29(37)33-23)21-6-4-5-19-12-16-38-24(19)21/h2-10,15-16,19H,11-14,17-18H2,1H3,(H,38,43)(H,39,44);3-15,19-21H,16-18H2,1-2H3,(H,36,40)(H,37,41);4-10,12,16-17H,1-3,11,13-15H2,(H,32,36)(H,33,37). The molecule has 6 aliphatic heterocycles. The van der Waals surface area contributed by atoms with Gasteiger partial charge in [0, 0.05) is 80.3 Å². The molecule has 652 valence electrons. The molecule has 13 heterocycles. The van der Waals surface area contributed by atoms with E-state index in [2.05, 4.69) is 114 Å². The van der Waals surface area contributed by atoms with Gasteiger partial charge in [0.25, 0.3) is 17.7 Å². The molecule has 129 heavy (non-hydrogen) atoms. The highest BCUT2D eigenvalue weighted by molar-refractivity contribution is 7.22. The number of fused-ring (bicyclic) bond motifs is 1. The van der Waals surface area contributed by atoms with Gasteiger partial charge in [-0.05, 0) is 191 Å². The number of nitrogens with zero attached hydrogens (tertiary/aromatic N) is 13. The molecular formula is C95H85ClFN19O10S3. The van der Waals surface area contributed by atoms with Crippen LogP contribution in [0, 0.1) is 5.82 Å². The fourth-order valence-electron chi connectivity index (χ4n) is 16.6. The number of rotatable bonds is 21. The van der Waals surface area contributed by atoms with E-state index in [-0.39, 0.29) is 35.2 Å². The number of furan rings is 1. The highest BCUT2D eigenvalue weighted by atomic mass is 35.5. The number of morpholine rings is 1. The van der Waals surface area contributed by atoms with Crippen LogP contribution in [0.25, 0.3) is 41.6 Å². The number of hydrogen-bond acceptors (Lipinski definition) is 23. The maximum Gasteiger partial charge on any atom is 0.332 e. The lowest BCUT2D eigenvalue weighted by Gasteiger charge is -2.38. The third-order valence-corrected chi connectivity index (χ3v) is 26.8. The molecule has 8 aromatic carbocycles. The van der Waals surface area contributed by atoms with Crippen molar-refractivity contribution in [1.29, 1.82) is 0 Å². The average Bonchev–Trinajstić information content (AvgIpc) is 1.61. The molecule has 3 saturated heterocycles. The summed E-state index contributed by atoms with van der Waals surface area (Å²) in [6.07, 6.45) is 10.7. The van der Waals surface area contributed by atoms with Crippen molar-refractivity contribution in [3.63, 3.8) is 0 Å². The highest BCUT2D eigenvalue weighted by Crippen LogP contribution is 2.50. The summed E-state index contributed by atoms with van der Waals surface area (Å²) in [5, 5.41) is 20.6. The molecule has 2 atom stereocenters. The van der Waals surface area contributed by atoms with Gasteiger partial charge in [-0.25, -0.2) is 63.4 Å². The lowest BCUT2D eigenvalue weighted by molar-refractivity contribution is -0.0409. The molecule has 15 aromatic rings. The van der Waals surface area contributed by atoms with Gasteiger partial charge in [0.15, 0.2) is 23.0 Å². The van der Waals surface area contributed by atoms with Gasteiger partial charge in [0.2, 0.25) is 0 Å². The number of carbonyl (C=O) groups is 6. The van der Waals surface area contributed by atoms with Crippen molar-refractivity contribution in [1.82, 2.24) is 49.5 Å². The Hall–Kier alpha value is -13.7. The van der Waals surface area contributed by atoms with Crippen LogP contribution in [0.15, 0.2) is 224 Å². The number of piperidine rings is 1. The number of thiophene rings is 3. The number of likely N-dealkylation sites (tertiary alicyclic amines) is 1. The van der Waals surface area contributed by atoms with E-state index >= 15 is 0 Å². The van der Waals surface area contributed by atoms with E-state index in [9.17, 15) is 33.2 Å². The molecular weight excluding hydrogens is 1720 g/mol. The number of halogens is 2. The zero-order chi connectivity index (χ0) is 88.3. The Morgan fingerprint density at radius 3 is 1.56 bits per heavy atom. The van der Waals surface area contributed by atoms with E-state index in [0.717, 1.165) is 82.1 Å². The van der Waals surface area contributed by atoms with Crippen LogP contribution < -0.4 is 56.1 Å². The van der Waals surface area contributed by atoms with Crippen molar-refractivity contribution in [2.24, 2.45) is 0 Å². The zero-order valence-corrected chi connectivity index (χ0v) is 73.3. The maximum atomic E-state index is 13.5. The Labute approximate surface area is 756 Å². The van der Waals surface area contributed by atoms with Crippen LogP contribution >= 0.6 is 45.6 Å². The largest absolute Gasteiger partial charge is 0.487 e. The van der Waals surface area contributed by atoms with Crippen LogP contribution in [0.1, 0.15) is 84.4 Å². The second-order valence-electron chi connectivity index (χ2n) is 32.0. The molecule has 0 aliphatic carbocycles. The molecule has 29 nitrogen and oxygen atoms in total. The smallest absolute Gasteiger partial charge is 0.332 e. The van der Waals surface area contributed by atoms with Crippen LogP contribution in [0.4, 0.5) is 87.4 Å². The topological polar surface area (TPSA) is 315 Å². The predicted molar refractivity (Wildman–Crippen MR) is 502 cm³/mol. The molecule has 34 heteroatoms. The number of nitrogens with one attached hydrogen (secondary N) is 6. The molecule has 0 radical (unpaired) electrons. The number of likely N-dealkylation sites (N-methyl/N-ethyl adjacent to an activating group) is 1. The van der Waals surface area contributed by atoms with Gasteiger partial charge in [0.05, 0.1) is 74.8 Å². The van der Waals surface area contributed by atoms with Gasteiger partial charge in [-0.3, -0.25) is 24.2 Å². The van der Waals surface area contributed by atoms with Crippen molar-refractivity contribution < 1.29 is 51.8 Å². The Morgan fingerprint density at radius 2 is 1.01 bits per heavy atom. The van der Waals surface area contributed by atoms with Gasteiger partial charge in [0.1, 0.15) is 77.8 Å². The fraction of sp³-hybridized carbons (Fsp3) is 0.221. The molecule has 0 spiro atoms. The Bertz CT molecular complexity index is 6740. The van der Waals surface area contributed by atoms with Crippen molar-refractivity contribution in [2.45, 2.75) is 71.3 Å². The summed E-state index contributed by atoms with van der Waals surface area (Å²) >= 11 is 10.2. The lowest BCUT2D eigenvalue weighted by atomic mass is 10.1. The van der Waals surface area contributed by atoms with Crippen LogP contribution in [0.5, 0.6) is 17.2 Å². The van der Waals surface area contributed by atoms with Crippen LogP contribution in [-0.2, 0) is 30.9 Å². The number of carbonyl (C=O) groups excluding carboxylic acids is 6. The van der Waals surface area contributed by atoms with Gasteiger partial charge in [-0.2, -0.15) is 0 Å². The summed E-state index contributed by atoms with van der Waals surface area (Å²) in [5.74, 6) is 1.55. The number of para-hydroxylation sites is 2. The summed E-state index contributed by atoms with van der Waals surface area (Å²) in [5.41, 5.74) is 9.65. The minimum Gasteiger partial charge on any atom is -0.487 e. The summed E-state index contributed by atoms with van der Waals surface area (Å²) < 4.78 is 36.5. The maximum absolute atomic E-state index is 13.5. The summed E-state index contributed by atoms with van der Waals surface area (Å²) in [6.45, 7) is 15.2. The van der Waals surface area contributed by atoms with Crippen molar-refractivity contribution in [3.05, 3.63) is 267 Å². The number of hydrogen-bond donors (Lipinski definition) is 6. The van der Waals surface area contributed by atoms with Crippen LogP contribution in [0.2, 0.25) is 5.02 Å². The molecule has 9 amide bonds. The molecule has 7 aromatic heterocycles. The molecule has 3 fully saturated rings. The second kappa shape index (κ2) is 37.3. The van der Waals surface area contributed by atoms with E-state index in [1.165, 1.54) is 123 Å². The lowest BCUT2D eigenvalue weighted by Crippen LogP contribution is -2.48. The Balaban J connectivity index is 0.000000126. The number of ether oxygens (including phenoxy) is 3. The van der Waals surface area contributed by atoms with E-state index in [4.69, 9.17) is 30.2 Å². The average molecular weight is 1800 g/mol. The summed E-state index contributed by atoms with van der Waals surface area (Å²) in [7, 11) is 2.14. The van der Waals surface area contributed by atoms with Gasteiger partial charge < -0.3 is 60.3 Å². The number of benzene rings is 8. The third kappa shape index (κ3) is 18.2. The number of amides is 9. The van der Waals surface area contributed by atoms with Gasteiger partial charge in [-0.1, -0.05) is 96.9 Å². The fourth-order valence-corrected chi connectivity index (χ4v) is 19.7. The van der Waals surface area contributed by atoms with E-state index < -0.39 is 18.1 Å². The first-order chi connectivity index (χ1) is 62.9. The third-order valence-electron chi connectivity index (χ3n) is 23.2. The summed E-state index contributed by atoms with van der Waals surface area (Å²) in [4.78, 5) is 124.